The predicted octanol–water partition coefficient (Wildman–Crippen LogP) is 14.6. The van der Waals surface area contributed by atoms with E-state index in [4.69, 9.17) is 14.2 Å². The van der Waals surface area contributed by atoms with Gasteiger partial charge in [-0.2, -0.15) is 0 Å². The summed E-state index contributed by atoms with van der Waals surface area (Å²) in [5.74, 6) is 0.769. The lowest BCUT2D eigenvalue weighted by Gasteiger charge is -2.18. The average Bonchev–Trinajstić information content (AvgIpc) is 3.12. The average molecular weight is 751 g/mol. The van der Waals surface area contributed by atoms with Crippen molar-refractivity contribution in [1.29, 1.82) is 0 Å². The number of unbranched alkanes of at least 4 members (excludes halogenated alkanes) is 26. The predicted molar refractivity (Wildman–Crippen MR) is 224 cm³/mol. The Morgan fingerprint density at radius 1 is 0.358 bits per heavy atom. The van der Waals surface area contributed by atoms with Crippen molar-refractivity contribution in [1.82, 2.24) is 0 Å². The van der Waals surface area contributed by atoms with E-state index in [-0.39, 0.29) is 31.1 Å². The van der Waals surface area contributed by atoms with E-state index in [9.17, 15) is 14.4 Å². The first-order valence-corrected chi connectivity index (χ1v) is 23.2. The second kappa shape index (κ2) is 40.1. The Hall–Kier alpha value is -1.59. The normalized spacial score (nSPS) is 12.1. The van der Waals surface area contributed by atoms with E-state index in [1.807, 2.05) is 0 Å². The topological polar surface area (TPSA) is 78.9 Å². The van der Waals surface area contributed by atoms with Crippen LogP contribution >= 0.6 is 0 Å². The Morgan fingerprint density at radius 3 is 0.925 bits per heavy atom. The Morgan fingerprint density at radius 2 is 0.623 bits per heavy atom. The Bertz CT molecular complexity index is 809. The van der Waals surface area contributed by atoms with Gasteiger partial charge in [-0.3, -0.25) is 14.4 Å². The molecule has 0 aliphatic heterocycles. The van der Waals surface area contributed by atoms with Gasteiger partial charge in [0.1, 0.15) is 13.2 Å². The molecule has 0 radical (unpaired) electrons. The van der Waals surface area contributed by atoms with Crippen molar-refractivity contribution in [2.45, 2.75) is 259 Å². The Balaban J connectivity index is 4.32. The van der Waals surface area contributed by atoms with Crippen LogP contribution in [-0.4, -0.2) is 37.2 Å². The molecule has 0 amide bonds. The van der Waals surface area contributed by atoms with Crippen molar-refractivity contribution >= 4 is 17.9 Å². The lowest BCUT2D eigenvalue weighted by atomic mass is 10.0. The van der Waals surface area contributed by atoms with Crippen molar-refractivity contribution in [3.8, 4) is 0 Å². The van der Waals surface area contributed by atoms with Crippen LogP contribution in [0.25, 0.3) is 0 Å². The molecule has 0 N–H and O–H groups in total. The molecule has 0 aromatic heterocycles. The molecule has 314 valence electrons. The molecule has 0 aliphatic rings. The molecule has 53 heavy (non-hydrogen) atoms. The molecule has 0 aliphatic carbocycles. The van der Waals surface area contributed by atoms with E-state index in [1.165, 1.54) is 141 Å². The lowest BCUT2D eigenvalue weighted by Crippen LogP contribution is -2.30. The molecule has 6 heteroatoms. The molecule has 0 rings (SSSR count). The van der Waals surface area contributed by atoms with Crippen LogP contribution in [0.2, 0.25) is 0 Å². The zero-order chi connectivity index (χ0) is 39.0. The van der Waals surface area contributed by atoms with Crippen molar-refractivity contribution in [2.24, 2.45) is 11.8 Å². The zero-order valence-electron chi connectivity index (χ0n) is 36.1. The number of carbonyl (C=O) groups is 3. The van der Waals surface area contributed by atoms with E-state index in [2.05, 4.69) is 34.6 Å². The number of rotatable bonds is 41. The number of ether oxygens (including phenoxy) is 3. The van der Waals surface area contributed by atoms with Crippen LogP contribution < -0.4 is 0 Å². The first-order chi connectivity index (χ1) is 25.7. The zero-order valence-corrected chi connectivity index (χ0v) is 36.1. The highest BCUT2D eigenvalue weighted by Gasteiger charge is 2.19. The number of carbonyl (C=O) groups excluding carboxylic acids is 3. The van der Waals surface area contributed by atoms with E-state index < -0.39 is 6.10 Å². The quantitative estimate of drug-likeness (QED) is 0.0352. The van der Waals surface area contributed by atoms with Gasteiger partial charge in [0.2, 0.25) is 0 Å². The summed E-state index contributed by atoms with van der Waals surface area (Å²) in [6, 6.07) is 0. The van der Waals surface area contributed by atoms with Crippen LogP contribution in [0.4, 0.5) is 0 Å². The fraction of sp³-hybridized carbons (Fsp3) is 0.936. The van der Waals surface area contributed by atoms with Crippen LogP contribution in [-0.2, 0) is 28.6 Å². The molecule has 0 fully saturated rings. The van der Waals surface area contributed by atoms with Crippen LogP contribution in [0, 0.1) is 11.8 Å². The summed E-state index contributed by atoms with van der Waals surface area (Å²) in [5.41, 5.74) is 0. The summed E-state index contributed by atoms with van der Waals surface area (Å²) in [4.78, 5) is 37.7. The maximum absolute atomic E-state index is 12.7. The largest absolute Gasteiger partial charge is 0.462 e. The first kappa shape index (κ1) is 51.4. The van der Waals surface area contributed by atoms with E-state index in [0.717, 1.165) is 69.6 Å². The summed E-state index contributed by atoms with van der Waals surface area (Å²) >= 11 is 0. The van der Waals surface area contributed by atoms with Gasteiger partial charge in [-0.25, -0.2) is 0 Å². The molecule has 1 atom stereocenters. The fourth-order valence-corrected chi connectivity index (χ4v) is 6.93. The second-order valence-electron chi connectivity index (χ2n) is 17.0. The van der Waals surface area contributed by atoms with Gasteiger partial charge >= 0.3 is 17.9 Å². The van der Waals surface area contributed by atoms with Gasteiger partial charge in [-0.15, -0.1) is 0 Å². The van der Waals surface area contributed by atoms with Gasteiger partial charge in [-0.1, -0.05) is 214 Å². The summed E-state index contributed by atoms with van der Waals surface area (Å²) in [6.07, 6.45) is 38.0. The third kappa shape index (κ3) is 41.4. The van der Waals surface area contributed by atoms with Gasteiger partial charge in [-0.05, 0) is 31.1 Å². The molecule has 0 bridgehead atoms. The van der Waals surface area contributed by atoms with Crippen LogP contribution in [0.5, 0.6) is 0 Å². The van der Waals surface area contributed by atoms with Crippen molar-refractivity contribution in [3.63, 3.8) is 0 Å². The third-order valence-electron chi connectivity index (χ3n) is 10.5. The minimum atomic E-state index is -0.760. The minimum absolute atomic E-state index is 0.0650. The van der Waals surface area contributed by atoms with E-state index in [1.54, 1.807) is 0 Å². The highest BCUT2D eigenvalue weighted by molar-refractivity contribution is 5.71. The molecule has 0 unspecified atom stereocenters. The molecule has 6 nitrogen and oxygen atoms in total. The second-order valence-corrected chi connectivity index (χ2v) is 17.0. The summed E-state index contributed by atoms with van der Waals surface area (Å²) in [6.45, 7) is 11.3. The van der Waals surface area contributed by atoms with E-state index >= 15 is 0 Å². The van der Waals surface area contributed by atoms with Gasteiger partial charge in [0, 0.05) is 19.3 Å². The third-order valence-corrected chi connectivity index (χ3v) is 10.5. The van der Waals surface area contributed by atoms with Crippen LogP contribution in [0.15, 0.2) is 0 Å². The molecule has 0 spiro atoms. The molecular weight excluding hydrogens is 661 g/mol. The molecule has 0 aromatic carbocycles. The number of hydrogen-bond acceptors (Lipinski definition) is 6. The summed E-state index contributed by atoms with van der Waals surface area (Å²) < 4.78 is 16.7. The van der Waals surface area contributed by atoms with Gasteiger partial charge in [0.15, 0.2) is 6.10 Å². The standard InChI is InChI=1S/C47H90O6/c1-6-7-8-9-10-11-17-24-29-34-39-47(50)53-44(41-52-46(49)38-33-28-23-19-14-16-21-26-31-36-43(4)5)40-51-45(48)37-32-27-22-18-13-12-15-20-25-30-35-42(2)3/h42-44H,6-41H2,1-5H3/t44-/m0/s1. The molecule has 0 aromatic rings. The van der Waals surface area contributed by atoms with Gasteiger partial charge < -0.3 is 14.2 Å². The maximum atomic E-state index is 12.7. The summed E-state index contributed by atoms with van der Waals surface area (Å²) in [7, 11) is 0. The smallest absolute Gasteiger partial charge is 0.306 e. The SMILES string of the molecule is CCCCCCCCCCCCC(=O)O[C@@H](COC(=O)CCCCCCCCCCCCC(C)C)COC(=O)CCCCCCCCCCCC(C)C. The van der Waals surface area contributed by atoms with Crippen molar-refractivity contribution in [3.05, 3.63) is 0 Å². The van der Waals surface area contributed by atoms with Crippen molar-refractivity contribution in [2.75, 3.05) is 13.2 Å². The molecular formula is C47H90O6. The monoisotopic (exact) mass is 751 g/mol. The molecule has 0 saturated heterocycles. The van der Waals surface area contributed by atoms with Crippen LogP contribution in [0.3, 0.4) is 0 Å². The Labute approximate surface area is 329 Å². The summed E-state index contributed by atoms with van der Waals surface area (Å²) in [5, 5.41) is 0. The fourth-order valence-electron chi connectivity index (χ4n) is 6.93. The first-order valence-electron chi connectivity index (χ1n) is 23.2. The Kier molecular flexibility index (Phi) is 38.9. The highest BCUT2D eigenvalue weighted by Crippen LogP contribution is 2.16. The lowest BCUT2D eigenvalue weighted by molar-refractivity contribution is -0.167. The molecule has 0 heterocycles. The van der Waals surface area contributed by atoms with Gasteiger partial charge in [0.25, 0.3) is 0 Å². The van der Waals surface area contributed by atoms with E-state index in [0.29, 0.717) is 19.3 Å². The molecule has 0 saturated carbocycles. The minimum Gasteiger partial charge on any atom is -0.462 e. The number of hydrogen-bond donors (Lipinski definition) is 0. The van der Waals surface area contributed by atoms with Gasteiger partial charge in [0.05, 0.1) is 0 Å². The van der Waals surface area contributed by atoms with Crippen LogP contribution in [0.1, 0.15) is 253 Å². The number of esters is 3. The maximum Gasteiger partial charge on any atom is 0.306 e. The van der Waals surface area contributed by atoms with Crippen molar-refractivity contribution < 1.29 is 28.6 Å². The highest BCUT2D eigenvalue weighted by atomic mass is 16.6.